The molecule has 3 saturated heterocycles. The molecule has 3 aliphatic heterocycles. The number of ether oxygens (including phenoxy) is 2. The van der Waals surface area contributed by atoms with E-state index in [2.05, 4.69) is 29.9 Å². The van der Waals surface area contributed by atoms with E-state index in [1.54, 1.807) is 0 Å². The van der Waals surface area contributed by atoms with Crippen LogP contribution in [0.4, 0.5) is 11.9 Å². The van der Waals surface area contributed by atoms with Crippen LogP contribution in [0.15, 0.2) is 22.2 Å². The minimum Gasteiger partial charge on any atom is -0.386 e. The lowest BCUT2D eigenvalue weighted by Gasteiger charge is -2.27. The number of nitrogens with two attached hydrogens (primary N) is 2. The fourth-order valence-corrected chi connectivity index (χ4v) is 7.32. The van der Waals surface area contributed by atoms with Gasteiger partial charge in [-0.2, -0.15) is 9.97 Å². The number of imidazole rings is 2. The van der Waals surface area contributed by atoms with E-state index in [4.69, 9.17) is 39.0 Å². The second kappa shape index (κ2) is 11.0. The Morgan fingerprint density at radius 2 is 1.15 bits per heavy atom. The highest BCUT2D eigenvalue weighted by Crippen LogP contribution is 2.53. The number of aromatic nitrogens is 8. The predicted octanol–water partition coefficient (Wildman–Crippen LogP) is -3.05. The molecular weight excluding hydrogens is 666 g/mol. The minimum absolute atomic E-state index is 0.121. The van der Waals surface area contributed by atoms with Crippen molar-refractivity contribution in [1.29, 1.82) is 0 Å². The molecule has 10 N–H and O–H groups in total. The van der Waals surface area contributed by atoms with Gasteiger partial charge in [-0.05, 0) is 0 Å². The van der Waals surface area contributed by atoms with E-state index in [0.717, 1.165) is 21.8 Å². The maximum absolute atomic E-state index is 13.1. The first-order valence-corrected chi connectivity index (χ1v) is 16.1. The summed E-state index contributed by atoms with van der Waals surface area (Å²) in [5.41, 5.74) is 9.28. The van der Waals surface area contributed by atoms with Crippen molar-refractivity contribution < 1.29 is 56.7 Å². The van der Waals surface area contributed by atoms with E-state index in [1.807, 2.05) is 0 Å². The second-order valence-electron chi connectivity index (χ2n) is 10.3. The topological polar surface area (TPSA) is 350 Å². The number of nitrogens with zero attached hydrogens (tertiary/aromatic N) is 6. The Hall–Kier alpha value is -3.64. The Morgan fingerprint density at radius 3 is 1.54 bits per heavy atom. The highest BCUT2D eigenvalue weighted by atomic mass is 31.2. The lowest BCUT2D eigenvalue weighted by molar-refractivity contribution is -0.0664. The molecule has 7 heterocycles. The Bertz CT molecular complexity index is 1900. The normalized spacial score (nSPS) is 37.1. The summed E-state index contributed by atoms with van der Waals surface area (Å²) in [5, 5.41) is 22.2. The quantitative estimate of drug-likeness (QED) is 0.0968. The van der Waals surface area contributed by atoms with Crippen molar-refractivity contribution in [2.24, 2.45) is 0 Å². The molecule has 7 rings (SSSR count). The fourth-order valence-electron chi connectivity index (χ4n) is 5.39. The lowest BCUT2D eigenvalue weighted by atomic mass is 10.1. The number of nitrogens with one attached hydrogen (secondary N) is 2. The van der Waals surface area contributed by atoms with Gasteiger partial charge in [0.25, 0.3) is 11.1 Å². The summed E-state index contributed by atoms with van der Waals surface area (Å²) >= 11 is 0. The largest absolute Gasteiger partial charge is 0.472 e. The molecule has 3 aliphatic rings. The van der Waals surface area contributed by atoms with Crippen molar-refractivity contribution >= 4 is 49.9 Å². The van der Waals surface area contributed by atoms with Gasteiger partial charge in [0.15, 0.2) is 34.8 Å². The Labute approximate surface area is 253 Å². The van der Waals surface area contributed by atoms with Gasteiger partial charge in [-0.25, -0.2) is 19.1 Å². The number of hydrogen-bond donors (Lipinski definition) is 8. The van der Waals surface area contributed by atoms with Crippen LogP contribution >= 0.6 is 15.6 Å². The number of aliphatic hydroxyl groups excluding tert-OH is 2. The molecule has 26 heteroatoms. The summed E-state index contributed by atoms with van der Waals surface area (Å²) in [6.45, 7) is -1.74. The molecule has 4 aromatic rings. The Balaban J connectivity index is 1.18. The number of aromatic amines is 2. The number of hydrogen-bond acceptors (Lipinski definition) is 18. The zero-order valence-electron chi connectivity index (χ0n) is 22.8. The maximum atomic E-state index is 13.1. The van der Waals surface area contributed by atoms with E-state index < -0.39 is 89.1 Å². The fraction of sp³-hybridized carbons (Fsp3) is 0.500. The highest BCUT2D eigenvalue weighted by Gasteiger charge is 2.54. The van der Waals surface area contributed by atoms with Gasteiger partial charge in [-0.3, -0.25) is 46.8 Å². The average molecular weight is 690 g/mol. The summed E-state index contributed by atoms with van der Waals surface area (Å²) in [6.07, 6.45) is -10.9. The summed E-state index contributed by atoms with van der Waals surface area (Å²) in [4.78, 5) is 65.9. The van der Waals surface area contributed by atoms with E-state index in [0.29, 0.717) is 0 Å². The predicted molar refractivity (Wildman–Crippen MR) is 146 cm³/mol. The van der Waals surface area contributed by atoms with Crippen molar-refractivity contribution in [3.8, 4) is 0 Å². The molecule has 46 heavy (non-hydrogen) atoms. The average Bonchev–Trinajstić information content (AvgIpc) is 3.72. The van der Waals surface area contributed by atoms with E-state index >= 15 is 0 Å². The van der Waals surface area contributed by atoms with Crippen LogP contribution in [0.5, 0.6) is 0 Å². The first kappa shape index (κ1) is 31.0. The van der Waals surface area contributed by atoms with E-state index in [-0.39, 0.29) is 34.2 Å². The number of rotatable bonds is 2. The molecule has 24 nitrogen and oxygen atoms in total. The summed E-state index contributed by atoms with van der Waals surface area (Å²) in [5.74, 6) is -0.561. The van der Waals surface area contributed by atoms with Gasteiger partial charge < -0.3 is 40.9 Å². The van der Waals surface area contributed by atoms with Gasteiger partial charge in [0.05, 0.1) is 25.9 Å². The molecule has 0 bridgehead atoms. The molecule has 0 aliphatic carbocycles. The monoisotopic (exact) mass is 690 g/mol. The van der Waals surface area contributed by atoms with Crippen LogP contribution in [0.25, 0.3) is 22.3 Å². The van der Waals surface area contributed by atoms with E-state index in [9.17, 15) is 38.7 Å². The molecule has 0 radical (unpaired) electrons. The molecule has 0 spiro atoms. The van der Waals surface area contributed by atoms with Crippen molar-refractivity contribution in [3.05, 3.63) is 33.4 Å². The maximum Gasteiger partial charge on any atom is 0.472 e. The smallest absolute Gasteiger partial charge is 0.386 e. The number of anilines is 2. The Kier molecular flexibility index (Phi) is 7.39. The number of phosphoric acid groups is 2. The van der Waals surface area contributed by atoms with Gasteiger partial charge in [0.1, 0.15) is 36.6 Å². The van der Waals surface area contributed by atoms with Gasteiger partial charge >= 0.3 is 15.6 Å². The van der Waals surface area contributed by atoms with Crippen molar-refractivity contribution in [1.82, 2.24) is 39.0 Å². The molecule has 3 fully saturated rings. The highest BCUT2D eigenvalue weighted by molar-refractivity contribution is 7.47. The number of H-pyrrole nitrogens is 2. The van der Waals surface area contributed by atoms with Crippen LogP contribution in [0.2, 0.25) is 0 Å². The third-order valence-electron chi connectivity index (χ3n) is 7.38. The Morgan fingerprint density at radius 1 is 0.761 bits per heavy atom. The van der Waals surface area contributed by atoms with Crippen molar-refractivity contribution in [2.75, 3.05) is 24.7 Å². The third-order valence-corrected chi connectivity index (χ3v) is 9.35. The summed E-state index contributed by atoms with van der Waals surface area (Å²) in [6, 6.07) is 0. The number of phosphoric ester groups is 2. The van der Waals surface area contributed by atoms with Gasteiger partial charge in [-0.15, -0.1) is 0 Å². The van der Waals surface area contributed by atoms with Crippen molar-refractivity contribution in [2.45, 2.75) is 49.1 Å². The molecule has 0 saturated carbocycles. The standard InChI is InChI=1S/C20H24N10O14P2/c21-19-25-13-7(15(33)27-19)23-3-29(13)17-9(31)11-5(41-17)1-39-45(35,36)44-12-6(2-40-46(37,38)43-11)42-18(10(12)32)30-4-24-8-14(30)26-20(22)28-16(8)34/h3-6,9-12,17-18,31-32H,1-2H2,(H,35,36)(H,37,38)(H3,21,25,27,33)(H3,22,26,28,34)/t5?,6?,9?,10?,11-,12-,17?,18?/m0/s1. The van der Waals surface area contributed by atoms with Crippen LogP contribution in [0.3, 0.4) is 0 Å². The van der Waals surface area contributed by atoms with E-state index in [1.165, 1.54) is 0 Å². The van der Waals surface area contributed by atoms with Crippen LogP contribution in [0, 0.1) is 0 Å². The van der Waals surface area contributed by atoms with Crippen LogP contribution in [-0.4, -0.2) is 109 Å². The van der Waals surface area contributed by atoms with Crippen LogP contribution < -0.4 is 22.6 Å². The summed E-state index contributed by atoms with van der Waals surface area (Å²) in [7, 11) is -10.2. The van der Waals surface area contributed by atoms with Crippen LogP contribution in [0.1, 0.15) is 12.5 Å². The molecule has 10 atom stereocenters. The van der Waals surface area contributed by atoms with Gasteiger partial charge in [0, 0.05) is 0 Å². The SMILES string of the molecule is Nc1nc2c(ncn2C2OC3COP(=O)(O)O[C@H]4C(COP(=O)(O)O[C@@H]3C2O)OC(n2cnc3c(=O)[nH]c(N)nc32)C4O)c(=O)[nH]1. The number of fused-ring (bicyclic) bond motifs is 4. The number of aliphatic hydroxyl groups is 2. The lowest BCUT2D eigenvalue weighted by Crippen LogP contribution is -2.39. The first-order chi connectivity index (χ1) is 21.7. The minimum atomic E-state index is -5.10. The molecule has 0 aromatic carbocycles. The summed E-state index contributed by atoms with van der Waals surface area (Å²) < 4.78 is 60.5. The number of nitrogen functional groups attached to an aromatic ring is 2. The van der Waals surface area contributed by atoms with Crippen molar-refractivity contribution in [3.63, 3.8) is 0 Å². The van der Waals surface area contributed by atoms with Crippen LogP contribution in [-0.2, 0) is 36.7 Å². The molecule has 248 valence electrons. The third kappa shape index (κ3) is 5.33. The molecule has 4 aromatic heterocycles. The molecule has 8 unspecified atom stereocenters. The zero-order chi connectivity index (χ0) is 32.7. The zero-order valence-corrected chi connectivity index (χ0v) is 24.6. The first-order valence-electron chi connectivity index (χ1n) is 13.1. The second-order valence-corrected chi connectivity index (χ2v) is 13.1. The van der Waals surface area contributed by atoms with Gasteiger partial charge in [0.2, 0.25) is 11.9 Å². The van der Waals surface area contributed by atoms with Gasteiger partial charge in [-0.1, -0.05) is 0 Å². The molecular formula is C20H24N10O14P2. The molecule has 0 amide bonds.